The zero-order chi connectivity index (χ0) is 16.9. The first-order valence-electron chi connectivity index (χ1n) is 7.69. The number of carbonyl (C=O) groups excluding carboxylic acids is 1. The largest absolute Gasteiger partial charge is 0.459 e. The molecule has 0 aliphatic rings. The SMILES string of the molecule is CNC(=O)[C@@H](NCc1nc(-c2ccco2)oc1C)c1ccccc1. The molecule has 0 unspecified atom stereocenters. The summed E-state index contributed by atoms with van der Waals surface area (Å²) < 4.78 is 10.9. The van der Waals surface area contributed by atoms with E-state index in [9.17, 15) is 4.79 Å². The Morgan fingerprint density at radius 3 is 2.67 bits per heavy atom. The summed E-state index contributed by atoms with van der Waals surface area (Å²) in [4.78, 5) is 16.6. The number of nitrogens with one attached hydrogen (secondary N) is 2. The van der Waals surface area contributed by atoms with Gasteiger partial charge < -0.3 is 14.2 Å². The monoisotopic (exact) mass is 325 g/mol. The quantitative estimate of drug-likeness (QED) is 0.728. The summed E-state index contributed by atoms with van der Waals surface area (Å²) >= 11 is 0. The minimum Gasteiger partial charge on any atom is -0.459 e. The van der Waals surface area contributed by atoms with Crippen LogP contribution in [0, 0.1) is 6.92 Å². The Kier molecular flexibility index (Phi) is 4.77. The van der Waals surface area contributed by atoms with Crippen LogP contribution in [0.15, 0.2) is 57.6 Å². The van der Waals surface area contributed by atoms with Gasteiger partial charge in [0.2, 0.25) is 5.91 Å². The number of likely N-dealkylation sites (N-methyl/N-ethyl adjacent to an activating group) is 1. The van der Waals surface area contributed by atoms with E-state index >= 15 is 0 Å². The molecule has 2 heterocycles. The fraction of sp³-hybridized carbons (Fsp3) is 0.222. The van der Waals surface area contributed by atoms with E-state index in [-0.39, 0.29) is 5.91 Å². The van der Waals surface area contributed by atoms with Gasteiger partial charge in [0.05, 0.1) is 12.0 Å². The lowest BCUT2D eigenvalue weighted by atomic mass is 10.1. The summed E-state index contributed by atoms with van der Waals surface area (Å²) in [7, 11) is 1.62. The van der Waals surface area contributed by atoms with Gasteiger partial charge >= 0.3 is 0 Å². The minimum absolute atomic E-state index is 0.103. The van der Waals surface area contributed by atoms with Gasteiger partial charge in [0.25, 0.3) is 5.89 Å². The van der Waals surface area contributed by atoms with Crippen LogP contribution in [0.1, 0.15) is 23.1 Å². The lowest BCUT2D eigenvalue weighted by molar-refractivity contribution is -0.122. The predicted octanol–water partition coefficient (Wildman–Crippen LogP) is 2.82. The number of benzene rings is 1. The number of amides is 1. The highest BCUT2D eigenvalue weighted by molar-refractivity contribution is 5.82. The number of nitrogens with zero attached hydrogens (tertiary/aromatic N) is 1. The number of carbonyl (C=O) groups is 1. The second-order valence-corrected chi connectivity index (χ2v) is 5.34. The Bertz CT molecular complexity index is 794. The Hall–Kier alpha value is -2.86. The summed E-state index contributed by atoms with van der Waals surface area (Å²) in [6.07, 6.45) is 1.57. The van der Waals surface area contributed by atoms with Crippen LogP contribution in [0.2, 0.25) is 0 Å². The van der Waals surface area contributed by atoms with Crippen molar-refractivity contribution < 1.29 is 13.6 Å². The van der Waals surface area contributed by atoms with E-state index in [1.165, 1.54) is 0 Å². The number of oxazole rings is 1. The summed E-state index contributed by atoms with van der Waals surface area (Å²) in [5.74, 6) is 1.60. The first-order chi connectivity index (χ1) is 11.7. The highest BCUT2D eigenvalue weighted by Crippen LogP contribution is 2.22. The van der Waals surface area contributed by atoms with Gasteiger partial charge in [0, 0.05) is 13.6 Å². The van der Waals surface area contributed by atoms with Crippen molar-refractivity contribution >= 4 is 5.91 Å². The molecule has 0 spiro atoms. The zero-order valence-corrected chi connectivity index (χ0v) is 13.6. The second kappa shape index (κ2) is 7.14. The molecule has 3 rings (SSSR count). The van der Waals surface area contributed by atoms with Crippen LogP contribution < -0.4 is 10.6 Å². The summed E-state index contributed by atoms with van der Waals surface area (Å²) in [6, 6.07) is 12.7. The molecule has 1 aromatic carbocycles. The second-order valence-electron chi connectivity index (χ2n) is 5.34. The summed E-state index contributed by atoms with van der Waals surface area (Å²) in [5.41, 5.74) is 1.63. The lowest BCUT2D eigenvalue weighted by Gasteiger charge is -2.17. The van der Waals surface area contributed by atoms with Crippen LogP contribution in [0.25, 0.3) is 11.7 Å². The Morgan fingerprint density at radius 1 is 1.21 bits per heavy atom. The average Bonchev–Trinajstić information content (AvgIpc) is 3.26. The standard InChI is InChI=1S/C18H19N3O3/c1-12-14(21-18(24-12)15-9-6-10-23-15)11-20-16(17(22)19-2)13-7-4-3-5-8-13/h3-10,16,20H,11H2,1-2H3,(H,19,22)/t16-/m0/s1. The summed E-state index contributed by atoms with van der Waals surface area (Å²) in [5, 5.41) is 5.92. The van der Waals surface area contributed by atoms with Gasteiger partial charge in [0.1, 0.15) is 11.8 Å². The molecule has 0 saturated carbocycles. The molecule has 0 radical (unpaired) electrons. The number of aryl methyl sites for hydroxylation is 1. The van der Waals surface area contributed by atoms with Gasteiger partial charge in [-0.15, -0.1) is 0 Å². The highest BCUT2D eigenvalue weighted by Gasteiger charge is 2.20. The molecule has 124 valence electrons. The van der Waals surface area contributed by atoms with Crippen molar-refractivity contribution in [1.82, 2.24) is 15.6 Å². The van der Waals surface area contributed by atoms with Gasteiger partial charge in [-0.1, -0.05) is 30.3 Å². The van der Waals surface area contributed by atoms with Crippen LogP contribution in [0.5, 0.6) is 0 Å². The fourth-order valence-corrected chi connectivity index (χ4v) is 2.45. The molecule has 6 nitrogen and oxygen atoms in total. The van der Waals surface area contributed by atoms with E-state index in [0.717, 1.165) is 11.3 Å². The van der Waals surface area contributed by atoms with Crippen LogP contribution in [-0.4, -0.2) is 17.9 Å². The first-order valence-corrected chi connectivity index (χ1v) is 7.69. The molecule has 0 aliphatic heterocycles. The molecular weight excluding hydrogens is 306 g/mol. The van der Waals surface area contributed by atoms with E-state index in [2.05, 4.69) is 15.6 Å². The normalized spacial score (nSPS) is 12.1. The highest BCUT2D eigenvalue weighted by atomic mass is 16.4. The van der Waals surface area contributed by atoms with E-state index in [4.69, 9.17) is 8.83 Å². The van der Waals surface area contributed by atoms with E-state index < -0.39 is 6.04 Å². The first kappa shape index (κ1) is 16.0. The molecule has 0 bridgehead atoms. The molecule has 1 atom stereocenters. The van der Waals surface area contributed by atoms with E-state index in [0.29, 0.717) is 24.0 Å². The number of aromatic nitrogens is 1. The average molecular weight is 325 g/mol. The molecule has 24 heavy (non-hydrogen) atoms. The van der Waals surface area contributed by atoms with Crippen molar-refractivity contribution in [2.24, 2.45) is 0 Å². The molecule has 0 aliphatic carbocycles. The molecule has 1 amide bonds. The number of hydrogen-bond acceptors (Lipinski definition) is 5. The Balaban J connectivity index is 1.77. The van der Waals surface area contributed by atoms with Crippen molar-refractivity contribution in [2.75, 3.05) is 7.05 Å². The van der Waals surface area contributed by atoms with Crippen molar-refractivity contribution in [3.8, 4) is 11.7 Å². The van der Waals surface area contributed by atoms with Gasteiger partial charge in [-0.3, -0.25) is 10.1 Å². The van der Waals surface area contributed by atoms with Crippen LogP contribution in [0.4, 0.5) is 0 Å². The van der Waals surface area contributed by atoms with Gasteiger partial charge in [-0.05, 0) is 24.6 Å². The van der Waals surface area contributed by atoms with Crippen LogP contribution in [0.3, 0.4) is 0 Å². The molecule has 0 fully saturated rings. The Labute approximate surface area is 139 Å². The van der Waals surface area contributed by atoms with Gasteiger partial charge in [-0.2, -0.15) is 0 Å². The number of rotatable bonds is 6. The third-order valence-corrected chi connectivity index (χ3v) is 3.74. The predicted molar refractivity (Wildman–Crippen MR) is 89.0 cm³/mol. The molecule has 6 heteroatoms. The lowest BCUT2D eigenvalue weighted by Crippen LogP contribution is -2.35. The molecule has 2 N–H and O–H groups in total. The molecule has 0 saturated heterocycles. The maximum Gasteiger partial charge on any atom is 0.263 e. The van der Waals surface area contributed by atoms with Crippen LogP contribution in [-0.2, 0) is 11.3 Å². The Morgan fingerprint density at radius 2 is 2.00 bits per heavy atom. The van der Waals surface area contributed by atoms with Crippen molar-refractivity contribution in [3.63, 3.8) is 0 Å². The van der Waals surface area contributed by atoms with Gasteiger partial charge in [0.15, 0.2) is 5.76 Å². The van der Waals surface area contributed by atoms with E-state index in [1.54, 1.807) is 25.4 Å². The summed E-state index contributed by atoms with van der Waals surface area (Å²) in [6.45, 7) is 2.25. The number of furan rings is 1. The third-order valence-electron chi connectivity index (χ3n) is 3.74. The fourth-order valence-electron chi connectivity index (χ4n) is 2.45. The molecule has 3 aromatic rings. The maximum absolute atomic E-state index is 12.2. The van der Waals surface area contributed by atoms with Gasteiger partial charge in [-0.25, -0.2) is 4.98 Å². The molecular formula is C18H19N3O3. The third kappa shape index (κ3) is 3.38. The number of hydrogen-bond donors (Lipinski definition) is 2. The van der Waals surface area contributed by atoms with Crippen molar-refractivity contribution in [1.29, 1.82) is 0 Å². The van der Waals surface area contributed by atoms with Crippen LogP contribution >= 0.6 is 0 Å². The smallest absolute Gasteiger partial charge is 0.263 e. The minimum atomic E-state index is -0.459. The molecule has 2 aromatic heterocycles. The zero-order valence-electron chi connectivity index (χ0n) is 13.6. The van der Waals surface area contributed by atoms with Crippen molar-refractivity contribution in [2.45, 2.75) is 19.5 Å². The maximum atomic E-state index is 12.2. The van der Waals surface area contributed by atoms with E-state index in [1.807, 2.05) is 37.3 Å². The topological polar surface area (TPSA) is 80.3 Å². The van der Waals surface area contributed by atoms with Crippen molar-refractivity contribution in [3.05, 3.63) is 65.7 Å².